The number of carbonyl (C=O) groups excluding carboxylic acids is 1. The molecule has 1 rings (SSSR count). The molecular weight excluding hydrogens is 368 g/mol. The first-order valence-corrected chi connectivity index (χ1v) is 9.92. The number of hydrogen-bond acceptors (Lipinski definition) is 6. The molecule has 1 aromatic carbocycles. The first kappa shape index (κ1) is 22.7. The maximum Gasteiger partial charge on any atom is 0.308 e. The molecule has 0 heterocycles. The van der Waals surface area contributed by atoms with Crippen molar-refractivity contribution >= 4 is 16.1 Å². The van der Waals surface area contributed by atoms with Crippen molar-refractivity contribution in [2.75, 3.05) is 19.8 Å². The maximum atomic E-state index is 11.8. The van der Waals surface area contributed by atoms with E-state index in [0.29, 0.717) is 5.56 Å². The van der Waals surface area contributed by atoms with Gasteiger partial charge < -0.3 is 9.47 Å². The van der Waals surface area contributed by atoms with E-state index < -0.39 is 15.7 Å². The highest BCUT2D eigenvalue weighted by Crippen LogP contribution is 2.08. The van der Waals surface area contributed by atoms with Crippen LogP contribution < -0.4 is 0 Å². The van der Waals surface area contributed by atoms with Crippen molar-refractivity contribution < 1.29 is 26.9 Å². The minimum absolute atomic E-state index is 0.116. The second-order valence-corrected chi connectivity index (χ2v) is 8.08. The Morgan fingerprint density at radius 1 is 1.04 bits per heavy atom. The molecule has 0 aliphatic rings. The third-order valence-corrected chi connectivity index (χ3v) is 3.94. The molecule has 0 aromatic heterocycles. The van der Waals surface area contributed by atoms with E-state index in [2.05, 4.69) is 23.7 Å². The summed E-state index contributed by atoms with van der Waals surface area (Å²) in [5, 5.41) is 0. The lowest BCUT2D eigenvalue weighted by Crippen LogP contribution is -2.24. The van der Waals surface area contributed by atoms with Crippen molar-refractivity contribution in [3.63, 3.8) is 0 Å². The zero-order valence-corrected chi connectivity index (χ0v) is 16.6. The molecule has 0 spiro atoms. The van der Waals surface area contributed by atoms with Crippen LogP contribution in [0, 0.1) is 23.7 Å². The third-order valence-electron chi connectivity index (χ3n) is 2.78. The quantitative estimate of drug-likeness (QED) is 0.292. The van der Waals surface area contributed by atoms with Gasteiger partial charge in [-0.2, -0.15) is 8.42 Å². The molecule has 0 saturated carbocycles. The summed E-state index contributed by atoms with van der Waals surface area (Å²) < 4.78 is 38.6. The zero-order chi connectivity index (χ0) is 20.2. The van der Waals surface area contributed by atoms with Crippen molar-refractivity contribution in [2.45, 2.75) is 38.5 Å². The van der Waals surface area contributed by atoms with Crippen LogP contribution in [-0.4, -0.2) is 39.8 Å². The van der Waals surface area contributed by atoms with Crippen molar-refractivity contribution in [3.05, 3.63) is 35.9 Å². The molecule has 0 aliphatic carbocycles. The van der Waals surface area contributed by atoms with Gasteiger partial charge in [-0.15, -0.1) is 0 Å². The molecule has 146 valence electrons. The smallest absolute Gasteiger partial charge is 0.308 e. The van der Waals surface area contributed by atoms with Gasteiger partial charge in [0.1, 0.15) is 24.6 Å². The molecule has 0 atom stereocenters. The van der Waals surface area contributed by atoms with Gasteiger partial charge in [0.15, 0.2) is 0 Å². The Balaban J connectivity index is 2.19. The van der Waals surface area contributed by atoms with Crippen LogP contribution in [0.15, 0.2) is 30.3 Å². The van der Waals surface area contributed by atoms with Gasteiger partial charge in [0.2, 0.25) is 0 Å². The Bertz CT molecular complexity index is 814. The Morgan fingerprint density at radius 2 is 1.67 bits per heavy atom. The van der Waals surface area contributed by atoms with Crippen LogP contribution in [0.3, 0.4) is 0 Å². The van der Waals surface area contributed by atoms with Gasteiger partial charge in [-0.25, -0.2) is 0 Å². The second kappa shape index (κ2) is 11.4. The summed E-state index contributed by atoms with van der Waals surface area (Å²) in [7, 11) is -3.68. The summed E-state index contributed by atoms with van der Waals surface area (Å²) in [4.78, 5) is 11.4. The van der Waals surface area contributed by atoms with E-state index in [1.807, 2.05) is 6.07 Å². The number of hydrogen-bond donors (Lipinski definition) is 0. The van der Waals surface area contributed by atoms with E-state index >= 15 is 0 Å². The molecule has 1 aromatic rings. The number of ether oxygens (including phenoxy) is 2. The molecule has 6 nitrogen and oxygen atoms in total. The molecule has 0 unspecified atom stereocenters. The maximum absolute atomic E-state index is 11.8. The average molecular weight is 392 g/mol. The lowest BCUT2D eigenvalue weighted by molar-refractivity contribution is -0.155. The number of carbonyl (C=O) groups is 1. The van der Waals surface area contributed by atoms with E-state index in [1.54, 1.807) is 45.0 Å². The van der Waals surface area contributed by atoms with Crippen LogP contribution in [0.1, 0.15) is 32.8 Å². The summed E-state index contributed by atoms with van der Waals surface area (Å²) >= 11 is 0. The van der Waals surface area contributed by atoms with Crippen LogP contribution in [0.2, 0.25) is 0 Å². The zero-order valence-electron chi connectivity index (χ0n) is 15.8. The Labute approximate surface area is 161 Å². The fraction of sp³-hybridized carbons (Fsp3) is 0.450. The van der Waals surface area contributed by atoms with E-state index in [1.165, 1.54) is 0 Å². The molecular formula is C20H24O6S. The minimum atomic E-state index is -3.68. The molecule has 0 bridgehead atoms. The van der Waals surface area contributed by atoms with E-state index in [0.717, 1.165) is 0 Å². The largest absolute Gasteiger partial charge is 0.460 e. The van der Waals surface area contributed by atoms with Crippen LogP contribution in [0.5, 0.6) is 0 Å². The first-order valence-electron chi connectivity index (χ1n) is 8.34. The average Bonchev–Trinajstić information content (AvgIpc) is 2.55. The number of benzene rings is 1. The lowest BCUT2D eigenvalue weighted by Gasteiger charge is -2.19. The topological polar surface area (TPSA) is 78.9 Å². The highest BCUT2D eigenvalue weighted by Gasteiger charge is 2.15. The Morgan fingerprint density at radius 3 is 2.30 bits per heavy atom. The minimum Gasteiger partial charge on any atom is -0.460 e. The molecule has 0 saturated heterocycles. The van der Waals surface area contributed by atoms with Crippen molar-refractivity contribution in [1.82, 2.24) is 0 Å². The van der Waals surface area contributed by atoms with E-state index in [4.69, 9.17) is 13.7 Å². The molecule has 27 heavy (non-hydrogen) atoms. The second-order valence-electron chi connectivity index (χ2n) is 6.44. The summed E-state index contributed by atoms with van der Waals surface area (Å²) in [5.41, 5.74) is 0.136. The summed E-state index contributed by atoms with van der Waals surface area (Å²) in [6, 6.07) is 8.75. The standard InChI is InChI=1S/C20H24O6S/c1-20(2,3)26-19(21)13-16-24-14-9-4-5-10-15-25-27(22,23)17-18-11-7-6-8-12-18/h6-8,11-12H,13-17H2,1-3H3. The van der Waals surface area contributed by atoms with E-state index in [-0.39, 0.29) is 38.0 Å². The SMILES string of the molecule is CC(C)(C)OC(=O)CCOCC#CC#CCOS(=O)(=O)Cc1ccccc1. The highest BCUT2D eigenvalue weighted by molar-refractivity contribution is 7.85. The molecule has 0 fully saturated rings. The van der Waals surface area contributed by atoms with Gasteiger partial charge in [-0.05, 0) is 38.2 Å². The molecule has 0 N–H and O–H groups in total. The highest BCUT2D eigenvalue weighted by atomic mass is 32.2. The van der Waals surface area contributed by atoms with Gasteiger partial charge in [0.25, 0.3) is 10.1 Å². The predicted octanol–water partition coefficient (Wildman–Crippen LogP) is 2.29. The van der Waals surface area contributed by atoms with Gasteiger partial charge in [0, 0.05) is 0 Å². The summed E-state index contributed by atoms with van der Waals surface area (Å²) in [6.07, 6.45) is 0.151. The normalized spacial score (nSPS) is 10.9. The molecule has 0 amide bonds. The monoisotopic (exact) mass is 392 g/mol. The summed E-state index contributed by atoms with van der Waals surface area (Å²) in [6.45, 7) is 5.46. The summed E-state index contributed by atoms with van der Waals surface area (Å²) in [5.74, 6) is 9.62. The van der Waals surface area contributed by atoms with Gasteiger partial charge >= 0.3 is 5.97 Å². The lowest BCUT2D eigenvalue weighted by atomic mass is 10.2. The van der Waals surface area contributed by atoms with Crippen LogP contribution in [-0.2, 0) is 34.3 Å². The Hall–Kier alpha value is -2.32. The Kier molecular flexibility index (Phi) is 9.60. The van der Waals surface area contributed by atoms with Crippen molar-refractivity contribution in [3.8, 4) is 23.7 Å². The van der Waals surface area contributed by atoms with Gasteiger partial charge in [0.05, 0.1) is 13.0 Å². The fourth-order valence-electron chi connectivity index (χ4n) is 1.77. The van der Waals surface area contributed by atoms with Crippen LogP contribution in [0.25, 0.3) is 0 Å². The molecule has 7 heteroatoms. The first-order chi connectivity index (χ1) is 12.7. The molecule has 0 radical (unpaired) electrons. The third kappa shape index (κ3) is 12.6. The predicted molar refractivity (Wildman–Crippen MR) is 102 cm³/mol. The van der Waals surface area contributed by atoms with Gasteiger partial charge in [-0.1, -0.05) is 42.2 Å². The number of rotatable bonds is 8. The molecule has 0 aliphatic heterocycles. The van der Waals surface area contributed by atoms with Crippen LogP contribution >= 0.6 is 0 Å². The van der Waals surface area contributed by atoms with Crippen LogP contribution in [0.4, 0.5) is 0 Å². The fourth-order valence-corrected chi connectivity index (χ4v) is 2.69. The van der Waals surface area contributed by atoms with E-state index in [9.17, 15) is 13.2 Å². The van der Waals surface area contributed by atoms with Crippen molar-refractivity contribution in [1.29, 1.82) is 0 Å². The van der Waals surface area contributed by atoms with Crippen molar-refractivity contribution in [2.24, 2.45) is 0 Å². The van der Waals surface area contributed by atoms with Gasteiger partial charge in [-0.3, -0.25) is 8.98 Å². The number of esters is 1.